The molecule has 1 saturated heterocycles. The van der Waals surface area contributed by atoms with E-state index >= 15 is 0 Å². The van der Waals surface area contributed by atoms with Crippen molar-refractivity contribution in [3.05, 3.63) is 88.8 Å². The Kier molecular flexibility index (Phi) is 6.54. The summed E-state index contributed by atoms with van der Waals surface area (Å²) in [6.07, 6.45) is 4.79. The van der Waals surface area contributed by atoms with Crippen molar-refractivity contribution in [2.24, 2.45) is 5.41 Å². The van der Waals surface area contributed by atoms with E-state index in [2.05, 4.69) is 71.6 Å². The highest BCUT2D eigenvalue weighted by Gasteiger charge is 2.55. The summed E-state index contributed by atoms with van der Waals surface area (Å²) in [4.78, 5) is 14.9. The van der Waals surface area contributed by atoms with Gasteiger partial charge in [0.15, 0.2) is 5.60 Å². The number of nitrogens with zero attached hydrogens (tertiary/aromatic N) is 4. The SMILES string of the molecule is Cc1cc([C@@](C)(O)C#Cc2cncc([C@@](O)(c3ccc(C(C)C)cc3)C3(C)CN(C)C3)c2)ncn1. The van der Waals surface area contributed by atoms with Gasteiger partial charge in [-0.05, 0) is 50.1 Å². The molecule has 35 heavy (non-hydrogen) atoms. The van der Waals surface area contributed by atoms with Crippen molar-refractivity contribution < 1.29 is 10.2 Å². The third-order valence-corrected chi connectivity index (χ3v) is 7.02. The molecule has 1 fully saturated rings. The molecule has 182 valence electrons. The second-order valence-corrected chi connectivity index (χ2v) is 10.5. The molecule has 0 bridgehead atoms. The van der Waals surface area contributed by atoms with Gasteiger partial charge in [0.2, 0.25) is 0 Å². The number of aromatic nitrogens is 3. The zero-order valence-corrected chi connectivity index (χ0v) is 21.4. The highest BCUT2D eigenvalue weighted by atomic mass is 16.3. The van der Waals surface area contributed by atoms with Crippen LogP contribution in [0.4, 0.5) is 0 Å². The van der Waals surface area contributed by atoms with Gasteiger partial charge in [0.25, 0.3) is 0 Å². The van der Waals surface area contributed by atoms with Gasteiger partial charge >= 0.3 is 0 Å². The van der Waals surface area contributed by atoms with Gasteiger partial charge in [-0.2, -0.15) is 0 Å². The number of rotatable bonds is 5. The summed E-state index contributed by atoms with van der Waals surface area (Å²) in [6, 6.07) is 11.8. The molecule has 2 atom stereocenters. The van der Waals surface area contributed by atoms with E-state index in [9.17, 15) is 10.2 Å². The second kappa shape index (κ2) is 9.16. The number of aliphatic hydroxyl groups is 2. The second-order valence-electron chi connectivity index (χ2n) is 10.5. The van der Waals surface area contributed by atoms with Gasteiger partial charge in [-0.3, -0.25) is 4.98 Å². The van der Waals surface area contributed by atoms with Crippen molar-refractivity contribution in [3.63, 3.8) is 0 Å². The fraction of sp³-hybridized carbons (Fsp3) is 0.414. The molecule has 0 aliphatic carbocycles. The third-order valence-electron chi connectivity index (χ3n) is 7.02. The number of hydrogen-bond donors (Lipinski definition) is 2. The van der Waals surface area contributed by atoms with Crippen LogP contribution in [0.1, 0.15) is 67.3 Å². The Hall–Kier alpha value is -3.11. The summed E-state index contributed by atoms with van der Waals surface area (Å²) in [5.74, 6) is 6.37. The first kappa shape index (κ1) is 25.0. The van der Waals surface area contributed by atoms with E-state index in [4.69, 9.17) is 0 Å². The molecule has 4 rings (SSSR count). The van der Waals surface area contributed by atoms with Gasteiger partial charge in [-0.25, -0.2) is 9.97 Å². The molecule has 2 N–H and O–H groups in total. The van der Waals surface area contributed by atoms with E-state index in [1.54, 1.807) is 25.4 Å². The van der Waals surface area contributed by atoms with Gasteiger partial charge in [0.05, 0.1) is 5.69 Å². The van der Waals surface area contributed by atoms with E-state index in [1.165, 1.54) is 11.9 Å². The summed E-state index contributed by atoms with van der Waals surface area (Å²) in [6.45, 7) is 11.4. The lowest BCUT2D eigenvalue weighted by molar-refractivity contribution is -0.127. The van der Waals surface area contributed by atoms with E-state index in [0.29, 0.717) is 22.7 Å². The summed E-state index contributed by atoms with van der Waals surface area (Å²) in [7, 11) is 2.06. The molecular formula is C29H34N4O2. The van der Waals surface area contributed by atoms with Crippen LogP contribution in [-0.4, -0.2) is 50.2 Å². The lowest BCUT2D eigenvalue weighted by Gasteiger charge is -2.55. The van der Waals surface area contributed by atoms with Crippen molar-refractivity contribution in [2.45, 2.75) is 51.7 Å². The number of pyridine rings is 1. The quantitative estimate of drug-likeness (QED) is 0.553. The maximum Gasteiger partial charge on any atom is 0.165 e. The van der Waals surface area contributed by atoms with E-state index < -0.39 is 16.6 Å². The molecule has 3 aromatic rings. The van der Waals surface area contributed by atoms with Crippen LogP contribution in [0.25, 0.3) is 0 Å². The Balaban J connectivity index is 1.75. The molecule has 1 aliphatic heterocycles. The van der Waals surface area contributed by atoms with Crippen LogP contribution in [-0.2, 0) is 11.2 Å². The van der Waals surface area contributed by atoms with Crippen LogP contribution in [0.15, 0.2) is 55.1 Å². The topological polar surface area (TPSA) is 82.4 Å². The number of aryl methyl sites for hydroxylation is 1. The summed E-state index contributed by atoms with van der Waals surface area (Å²) < 4.78 is 0. The van der Waals surface area contributed by atoms with Crippen LogP contribution in [0.2, 0.25) is 0 Å². The molecule has 2 aromatic heterocycles. The molecular weight excluding hydrogens is 436 g/mol. The Morgan fingerprint density at radius 2 is 1.71 bits per heavy atom. The molecule has 3 heterocycles. The van der Waals surface area contributed by atoms with Crippen molar-refractivity contribution in [1.82, 2.24) is 19.9 Å². The molecule has 0 unspecified atom stereocenters. The fourth-order valence-corrected chi connectivity index (χ4v) is 5.03. The average molecular weight is 471 g/mol. The van der Waals surface area contributed by atoms with Gasteiger partial charge in [-0.1, -0.05) is 56.9 Å². The Bertz CT molecular complexity index is 1270. The predicted octanol–water partition coefficient (Wildman–Crippen LogP) is 3.75. The van der Waals surface area contributed by atoms with Crippen molar-refractivity contribution in [1.29, 1.82) is 0 Å². The van der Waals surface area contributed by atoms with Gasteiger partial charge in [0.1, 0.15) is 11.9 Å². The van der Waals surface area contributed by atoms with E-state index in [0.717, 1.165) is 24.3 Å². The number of likely N-dealkylation sites (tertiary alicyclic amines) is 1. The Morgan fingerprint density at radius 1 is 1.03 bits per heavy atom. The fourth-order valence-electron chi connectivity index (χ4n) is 5.03. The normalized spacial score (nSPS) is 18.7. The van der Waals surface area contributed by atoms with Crippen LogP contribution in [0, 0.1) is 24.2 Å². The first-order chi connectivity index (χ1) is 16.4. The predicted molar refractivity (Wildman–Crippen MR) is 137 cm³/mol. The first-order valence-electron chi connectivity index (χ1n) is 12.0. The molecule has 0 spiro atoms. The lowest BCUT2D eigenvalue weighted by Crippen LogP contribution is -2.63. The minimum absolute atomic E-state index is 0.390. The van der Waals surface area contributed by atoms with Crippen LogP contribution < -0.4 is 0 Å². The van der Waals surface area contributed by atoms with Crippen molar-refractivity contribution in [2.75, 3.05) is 20.1 Å². The molecule has 0 radical (unpaired) electrons. The van der Waals surface area contributed by atoms with Crippen LogP contribution in [0.5, 0.6) is 0 Å². The monoisotopic (exact) mass is 470 g/mol. The van der Waals surface area contributed by atoms with Crippen LogP contribution >= 0.6 is 0 Å². The standard InChI is InChI=1S/C29H34N4O2/c1-20(2)23-7-9-24(10-8-23)29(35,27(4)17-33(6)18-27)25-14-22(15-30-16-25)11-12-28(5,34)26-13-21(3)31-19-32-26/h7-10,13-16,19-20,34-35H,17-18H2,1-6H3/t28-,29-/m0/s1. The summed E-state index contributed by atoms with van der Waals surface area (Å²) in [5.41, 5.74) is 1.48. The minimum atomic E-state index is -1.45. The lowest BCUT2D eigenvalue weighted by atomic mass is 9.62. The van der Waals surface area contributed by atoms with E-state index in [-0.39, 0.29) is 0 Å². The van der Waals surface area contributed by atoms with Crippen molar-refractivity contribution >= 4 is 0 Å². The average Bonchev–Trinajstić information content (AvgIpc) is 2.81. The zero-order chi connectivity index (χ0) is 25.4. The maximum absolute atomic E-state index is 12.4. The molecule has 6 nitrogen and oxygen atoms in total. The van der Waals surface area contributed by atoms with Gasteiger partial charge < -0.3 is 15.1 Å². The minimum Gasteiger partial charge on any atom is -0.380 e. The smallest absolute Gasteiger partial charge is 0.165 e. The molecule has 0 saturated carbocycles. The number of benzene rings is 1. The van der Waals surface area contributed by atoms with Gasteiger partial charge in [0, 0.05) is 47.7 Å². The Morgan fingerprint density at radius 3 is 2.31 bits per heavy atom. The summed E-state index contributed by atoms with van der Waals surface area (Å²) >= 11 is 0. The van der Waals surface area contributed by atoms with Crippen molar-refractivity contribution in [3.8, 4) is 11.8 Å². The molecule has 6 heteroatoms. The molecule has 1 aliphatic rings. The zero-order valence-electron chi connectivity index (χ0n) is 21.4. The maximum atomic E-state index is 12.4. The molecule has 1 aromatic carbocycles. The van der Waals surface area contributed by atoms with Gasteiger partial charge in [-0.15, -0.1) is 0 Å². The largest absolute Gasteiger partial charge is 0.380 e. The number of hydrogen-bond acceptors (Lipinski definition) is 6. The van der Waals surface area contributed by atoms with E-state index in [1.807, 2.05) is 25.1 Å². The highest BCUT2D eigenvalue weighted by molar-refractivity contribution is 5.45. The van der Waals surface area contributed by atoms with Crippen LogP contribution in [0.3, 0.4) is 0 Å². The molecule has 0 amide bonds. The summed E-state index contributed by atoms with van der Waals surface area (Å²) in [5, 5.41) is 23.3. The first-order valence-corrected chi connectivity index (χ1v) is 12.0. The third kappa shape index (κ3) is 4.72. The Labute approximate surface area is 208 Å². The highest BCUT2D eigenvalue weighted by Crippen LogP contribution is 2.50.